The zero-order chi connectivity index (χ0) is 25.2. The molecule has 0 spiro atoms. The molecule has 0 saturated heterocycles. The number of sulfonamides is 1. The summed E-state index contributed by atoms with van der Waals surface area (Å²) in [4.78, 5) is 17.6. The van der Waals surface area contributed by atoms with Crippen molar-refractivity contribution in [1.82, 2.24) is 14.3 Å². The molecule has 7 nitrogen and oxygen atoms in total. The standard InChI is InChI=1S/C23H19F3N4O3S2/c1-34-15-11-17-18(20(27)31)19(30(14-3-2-4-14)21(17)28-12-15)13-5-7-16(8-6-13)35(32,33)29-22(9-10-22)23(24,25)26/h2-8,11-12,29H,9-10H2,1H3,(H2,27,31). The quantitative estimate of drug-likeness (QED) is 0.452. The lowest BCUT2D eigenvalue weighted by Gasteiger charge is -2.20. The molecule has 0 radical (unpaired) electrons. The number of hydrogen-bond acceptors (Lipinski definition) is 5. The maximum atomic E-state index is 13.3. The highest BCUT2D eigenvalue weighted by Gasteiger charge is 2.65. The summed E-state index contributed by atoms with van der Waals surface area (Å²) in [7, 11) is -4.42. The fourth-order valence-corrected chi connectivity index (χ4v) is 5.88. The van der Waals surface area contributed by atoms with E-state index >= 15 is 0 Å². The minimum atomic E-state index is -4.68. The first-order chi connectivity index (χ1) is 16.5. The number of allylic oxidation sites excluding steroid dienone is 4. The number of halogens is 3. The Morgan fingerprint density at radius 3 is 2.37 bits per heavy atom. The Bertz CT molecular complexity index is 1530. The Labute approximate surface area is 202 Å². The van der Waals surface area contributed by atoms with E-state index in [0.29, 0.717) is 22.3 Å². The van der Waals surface area contributed by atoms with Crippen LogP contribution in [0.4, 0.5) is 13.2 Å². The van der Waals surface area contributed by atoms with Gasteiger partial charge in [-0.2, -0.15) is 17.9 Å². The first-order valence-electron chi connectivity index (χ1n) is 10.5. The van der Waals surface area contributed by atoms with Crippen molar-refractivity contribution in [2.75, 3.05) is 6.26 Å². The smallest absolute Gasteiger partial charge is 0.366 e. The van der Waals surface area contributed by atoms with E-state index in [2.05, 4.69) is 4.98 Å². The van der Waals surface area contributed by atoms with Crippen molar-refractivity contribution < 1.29 is 26.4 Å². The maximum Gasteiger partial charge on any atom is 0.407 e. The van der Waals surface area contributed by atoms with Crippen molar-refractivity contribution in [1.29, 1.82) is 0 Å². The monoisotopic (exact) mass is 520 g/mol. The second kappa shape index (κ2) is 7.97. The number of primary amides is 1. The number of alkyl halides is 3. The van der Waals surface area contributed by atoms with E-state index in [1.165, 1.54) is 36.0 Å². The lowest BCUT2D eigenvalue weighted by atomic mass is 10.0. The van der Waals surface area contributed by atoms with Gasteiger partial charge in [-0.05, 0) is 55.0 Å². The van der Waals surface area contributed by atoms with Gasteiger partial charge in [-0.25, -0.2) is 13.4 Å². The summed E-state index contributed by atoms with van der Waals surface area (Å²) in [6, 6.07) is 7.12. The van der Waals surface area contributed by atoms with Crippen LogP contribution >= 0.6 is 11.8 Å². The van der Waals surface area contributed by atoms with Crippen LogP contribution in [0.2, 0.25) is 0 Å². The summed E-state index contributed by atoms with van der Waals surface area (Å²) in [5, 5.41) is 0.541. The molecule has 5 rings (SSSR count). The number of hydrogen-bond donors (Lipinski definition) is 2. The van der Waals surface area contributed by atoms with Gasteiger partial charge in [0.15, 0.2) is 0 Å². The third-order valence-corrected chi connectivity index (χ3v) is 8.36. The van der Waals surface area contributed by atoms with Gasteiger partial charge in [0, 0.05) is 22.2 Å². The molecule has 12 heteroatoms. The average molecular weight is 521 g/mol. The lowest BCUT2D eigenvalue weighted by molar-refractivity contribution is -0.160. The van der Waals surface area contributed by atoms with E-state index in [9.17, 15) is 26.4 Å². The molecule has 2 aliphatic carbocycles. The summed E-state index contributed by atoms with van der Waals surface area (Å²) in [5.74, 6) is -0.688. The predicted octanol–water partition coefficient (Wildman–Crippen LogP) is 4.31. The number of carbonyl (C=O) groups excluding carboxylic acids is 1. The molecule has 2 aliphatic rings. The van der Waals surface area contributed by atoms with Crippen LogP contribution in [0.1, 0.15) is 23.2 Å². The van der Waals surface area contributed by atoms with Crippen LogP contribution in [0, 0.1) is 0 Å². The van der Waals surface area contributed by atoms with Crippen LogP contribution in [0.5, 0.6) is 0 Å². The highest BCUT2D eigenvalue weighted by molar-refractivity contribution is 7.98. The number of thioether (sulfide) groups is 1. The zero-order valence-electron chi connectivity index (χ0n) is 18.3. The fourth-order valence-electron chi connectivity index (χ4n) is 4.04. The predicted molar refractivity (Wildman–Crippen MR) is 127 cm³/mol. The van der Waals surface area contributed by atoms with Crippen molar-refractivity contribution in [2.24, 2.45) is 5.73 Å². The Morgan fingerprint density at radius 1 is 1.23 bits per heavy atom. The minimum Gasteiger partial charge on any atom is -0.366 e. The summed E-state index contributed by atoms with van der Waals surface area (Å²) >= 11 is 1.45. The topological polar surface area (TPSA) is 107 Å². The SMILES string of the molecule is CSc1cnc2c(c1)c(C(N)=O)c(-c1ccc(S(=O)(=O)NC3(C(F)(F)F)CC3)cc1)n2C1=CC=C1. The molecule has 2 aromatic heterocycles. The summed E-state index contributed by atoms with van der Waals surface area (Å²) in [6.07, 6.45) is 3.74. The Hall–Kier alpha value is -3.09. The number of carbonyl (C=O) groups is 1. The van der Waals surface area contributed by atoms with Gasteiger partial charge in [0.25, 0.3) is 5.91 Å². The first-order valence-corrected chi connectivity index (χ1v) is 13.2. The normalized spacial score (nSPS) is 16.7. The van der Waals surface area contributed by atoms with Gasteiger partial charge in [0.2, 0.25) is 10.0 Å². The summed E-state index contributed by atoms with van der Waals surface area (Å²) < 4.78 is 68.7. The first kappa shape index (κ1) is 23.6. The molecular weight excluding hydrogens is 501 g/mol. The third kappa shape index (κ3) is 3.85. The van der Waals surface area contributed by atoms with Gasteiger partial charge in [-0.1, -0.05) is 18.2 Å². The molecule has 1 amide bonds. The molecule has 1 fully saturated rings. The molecule has 182 valence electrons. The highest BCUT2D eigenvalue weighted by Crippen LogP contribution is 2.49. The molecule has 0 aliphatic heterocycles. The number of benzene rings is 1. The molecule has 1 saturated carbocycles. The molecule has 3 N–H and O–H groups in total. The second-order valence-electron chi connectivity index (χ2n) is 8.33. The van der Waals surface area contributed by atoms with Crippen molar-refractivity contribution >= 4 is 44.4 Å². The molecular formula is C23H19F3N4O3S2. The molecule has 3 aromatic rings. The van der Waals surface area contributed by atoms with Crippen LogP contribution in [0.25, 0.3) is 28.0 Å². The Kier molecular flexibility index (Phi) is 5.38. The largest absolute Gasteiger partial charge is 0.407 e. The summed E-state index contributed by atoms with van der Waals surface area (Å²) in [6.45, 7) is 0. The molecule has 0 bridgehead atoms. The van der Waals surface area contributed by atoms with Crippen LogP contribution in [0.15, 0.2) is 64.5 Å². The van der Waals surface area contributed by atoms with Gasteiger partial charge >= 0.3 is 6.18 Å². The van der Waals surface area contributed by atoms with E-state index in [4.69, 9.17) is 5.73 Å². The van der Waals surface area contributed by atoms with Crippen LogP contribution in [0.3, 0.4) is 0 Å². The van der Waals surface area contributed by atoms with E-state index in [0.717, 1.165) is 10.6 Å². The van der Waals surface area contributed by atoms with Crippen LogP contribution < -0.4 is 10.5 Å². The molecule has 0 atom stereocenters. The van der Waals surface area contributed by atoms with E-state index in [1.54, 1.807) is 10.8 Å². The average Bonchev–Trinajstić information content (AvgIpc) is 3.47. The summed E-state index contributed by atoms with van der Waals surface area (Å²) in [5.41, 5.74) is 5.69. The van der Waals surface area contributed by atoms with Crippen molar-refractivity contribution in [3.8, 4) is 11.3 Å². The van der Waals surface area contributed by atoms with Gasteiger partial charge < -0.3 is 5.73 Å². The van der Waals surface area contributed by atoms with Crippen LogP contribution in [-0.2, 0) is 10.0 Å². The van der Waals surface area contributed by atoms with Crippen LogP contribution in [-0.4, -0.2) is 41.8 Å². The Morgan fingerprint density at radius 2 is 1.89 bits per heavy atom. The number of rotatable bonds is 7. The number of nitrogens with zero attached hydrogens (tertiary/aromatic N) is 2. The minimum absolute atomic E-state index is 0.215. The number of fused-ring (bicyclic) bond motifs is 1. The number of pyridine rings is 1. The van der Waals surface area contributed by atoms with Crippen molar-refractivity contribution in [2.45, 2.75) is 34.3 Å². The maximum absolute atomic E-state index is 13.3. The highest BCUT2D eigenvalue weighted by atomic mass is 32.2. The molecule has 0 unspecified atom stereocenters. The van der Waals surface area contributed by atoms with Gasteiger partial charge in [-0.15, -0.1) is 11.8 Å². The number of aromatic nitrogens is 2. The second-order valence-corrected chi connectivity index (χ2v) is 10.9. The van der Waals surface area contributed by atoms with E-state index in [-0.39, 0.29) is 23.3 Å². The lowest BCUT2D eigenvalue weighted by Crippen LogP contribution is -2.47. The van der Waals surface area contributed by atoms with E-state index in [1.807, 2.05) is 35.3 Å². The zero-order valence-corrected chi connectivity index (χ0v) is 19.9. The molecule has 1 aromatic carbocycles. The molecule has 35 heavy (non-hydrogen) atoms. The van der Waals surface area contributed by atoms with E-state index < -0.39 is 27.6 Å². The van der Waals surface area contributed by atoms with Gasteiger partial charge in [0.1, 0.15) is 11.2 Å². The Balaban J connectivity index is 1.62. The molecule has 2 heterocycles. The van der Waals surface area contributed by atoms with Crippen molar-refractivity contribution in [3.05, 3.63) is 60.3 Å². The third-order valence-electron chi connectivity index (χ3n) is 6.12. The van der Waals surface area contributed by atoms with Crippen molar-refractivity contribution in [3.63, 3.8) is 0 Å². The number of nitrogens with one attached hydrogen (secondary N) is 1. The number of amides is 1. The number of nitrogens with two attached hydrogens (primary N) is 1. The fraction of sp³-hybridized carbons (Fsp3) is 0.217. The van der Waals surface area contributed by atoms with Gasteiger partial charge in [-0.3, -0.25) is 9.36 Å². The van der Waals surface area contributed by atoms with Gasteiger partial charge in [0.05, 0.1) is 16.2 Å².